The first kappa shape index (κ1) is 23.9. The molecular weight excluding hydrogens is 386 g/mol. The zero-order chi connectivity index (χ0) is 19.2. The Hall–Kier alpha value is -1.15. The Kier molecular flexibility index (Phi) is 9.21. The molecule has 1 aliphatic heterocycles. The zero-order valence-corrected chi connectivity index (χ0v) is 17.8. The highest BCUT2D eigenvalue weighted by atomic mass is 35.5. The zero-order valence-electron chi connectivity index (χ0n) is 16.2. The highest BCUT2D eigenvalue weighted by Gasteiger charge is 2.36. The Labute approximate surface area is 169 Å². The molecule has 0 unspecified atom stereocenters. The van der Waals surface area contributed by atoms with Crippen molar-refractivity contribution in [2.24, 2.45) is 11.1 Å². The fraction of sp³-hybridized carbons (Fsp3) is 0.632. The number of hydrogen-bond donors (Lipinski definition) is 2. The summed E-state index contributed by atoms with van der Waals surface area (Å²) >= 11 is 0. The van der Waals surface area contributed by atoms with Gasteiger partial charge in [-0.25, -0.2) is 12.7 Å². The van der Waals surface area contributed by atoms with Crippen LogP contribution < -0.4 is 11.1 Å². The Morgan fingerprint density at radius 2 is 1.74 bits per heavy atom. The van der Waals surface area contributed by atoms with Crippen molar-refractivity contribution in [3.63, 3.8) is 0 Å². The van der Waals surface area contributed by atoms with Crippen LogP contribution in [0.15, 0.2) is 30.3 Å². The number of sulfonamides is 1. The van der Waals surface area contributed by atoms with Crippen molar-refractivity contribution in [3.05, 3.63) is 35.9 Å². The van der Waals surface area contributed by atoms with E-state index in [2.05, 4.69) is 5.32 Å². The smallest absolute Gasteiger partial charge is 0.227 e. The maximum atomic E-state index is 12.6. The number of halogens is 1. The molecular formula is C19H32ClN3O3S. The van der Waals surface area contributed by atoms with Crippen LogP contribution in [0.3, 0.4) is 0 Å². The monoisotopic (exact) mass is 417 g/mol. The average Bonchev–Trinajstić information content (AvgIpc) is 2.64. The van der Waals surface area contributed by atoms with Crippen LogP contribution >= 0.6 is 12.4 Å². The van der Waals surface area contributed by atoms with Crippen LogP contribution in [-0.4, -0.2) is 44.3 Å². The molecule has 1 aromatic rings. The maximum absolute atomic E-state index is 12.6. The van der Waals surface area contributed by atoms with E-state index in [1.165, 1.54) is 0 Å². The average molecular weight is 418 g/mol. The van der Waals surface area contributed by atoms with Crippen molar-refractivity contribution in [1.82, 2.24) is 9.62 Å². The topological polar surface area (TPSA) is 92.5 Å². The van der Waals surface area contributed by atoms with E-state index in [0.29, 0.717) is 45.3 Å². The van der Waals surface area contributed by atoms with Gasteiger partial charge in [0.1, 0.15) is 0 Å². The summed E-state index contributed by atoms with van der Waals surface area (Å²) in [5, 5.41) is 3.09. The van der Waals surface area contributed by atoms with Gasteiger partial charge in [0, 0.05) is 25.7 Å². The van der Waals surface area contributed by atoms with E-state index in [1.807, 2.05) is 44.2 Å². The van der Waals surface area contributed by atoms with Gasteiger partial charge in [-0.3, -0.25) is 4.79 Å². The molecule has 27 heavy (non-hydrogen) atoms. The number of carbonyl (C=O) groups excluding carboxylic acids is 1. The van der Waals surface area contributed by atoms with Gasteiger partial charge in [-0.2, -0.15) is 0 Å². The number of hydrogen-bond acceptors (Lipinski definition) is 4. The van der Waals surface area contributed by atoms with E-state index in [9.17, 15) is 13.2 Å². The molecule has 2 rings (SSSR count). The summed E-state index contributed by atoms with van der Waals surface area (Å²) in [7, 11) is -3.33. The lowest BCUT2D eigenvalue weighted by molar-refractivity contribution is -0.132. The van der Waals surface area contributed by atoms with Gasteiger partial charge in [0.25, 0.3) is 0 Å². The molecule has 8 heteroatoms. The van der Waals surface area contributed by atoms with Crippen LogP contribution in [0.5, 0.6) is 0 Å². The molecule has 0 radical (unpaired) electrons. The standard InChI is InChI=1S/C19H31N3O3S.ClH/c1-3-19(4-2,15-20)18(23)21-17-10-12-22(13-11-17)26(24,25)14-16-8-6-5-7-9-16;/h5-9,17H,3-4,10-15,20H2,1-2H3,(H,21,23);1H. The highest BCUT2D eigenvalue weighted by molar-refractivity contribution is 7.88. The molecule has 154 valence electrons. The largest absolute Gasteiger partial charge is 0.353 e. The number of amides is 1. The minimum Gasteiger partial charge on any atom is -0.353 e. The molecule has 3 N–H and O–H groups in total. The van der Waals surface area contributed by atoms with Gasteiger partial charge in [0.05, 0.1) is 11.2 Å². The minimum atomic E-state index is -3.33. The van der Waals surface area contributed by atoms with Gasteiger partial charge in [-0.1, -0.05) is 44.2 Å². The number of nitrogens with two attached hydrogens (primary N) is 1. The van der Waals surface area contributed by atoms with Crippen LogP contribution in [-0.2, 0) is 20.6 Å². The second-order valence-corrected chi connectivity index (χ2v) is 9.05. The Morgan fingerprint density at radius 1 is 1.19 bits per heavy atom. The molecule has 0 saturated carbocycles. The van der Waals surface area contributed by atoms with Crippen LogP contribution in [0.4, 0.5) is 0 Å². The van der Waals surface area contributed by atoms with E-state index in [-0.39, 0.29) is 30.1 Å². The number of carbonyl (C=O) groups is 1. The third kappa shape index (κ3) is 5.91. The Morgan fingerprint density at radius 3 is 2.22 bits per heavy atom. The number of piperidine rings is 1. The van der Waals surface area contributed by atoms with Gasteiger partial charge in [0.2, 0.25) is 15.9 Å². The summed E-state index contributed by atoms with van der Waals surface area (Å²) in [6.07, 6.45) is 2.67. The molecule has 0 aliphatic carbocycles. The Bertz CT molecular complexity index is 677. The number of nitrogens with zero attached hydrogens (tertiary/aromatic N) is 1. The molecule has 6 nitrogen and oxygen atoms in total. The van der Waals surface area contributed by atoms with E-state index in [0.717, 1.165) is 5.56 Å². The van der Waals surface area contributed by atoms with Crippen LogP contribution in [0, 0.1) is 5.41 Å². The number of nitrogens with one attached hydrogen (secondary N) is 1. The van der Waals surface area contributed by atoms with Crippen LogP contribution in [0.1, 0.15) is 45.1 Å². The lowest BCUT2D eigenvalue weighted by Gasteiger charge is -2.35. The molecule has 1 saturated heterocycles. The normalized spacial score (nSPS) is 16.6. The van der Waals surface area contributed by atoms with Crippen molar-refractivity contribution in [3.8, 4) is 0 Å². The van der Waals surface area contributed by atoms with Gasteiger partial charge in [0.15, 0.2) is 0 Å². The van der Waals surface area contributed by atoms with Crippen LogP contribution in [0.25, 0.3) is 0 Å². The van der Waals surface area contributed by atoms with E-state index in [1.54, 1.807) is 4.31 Å². The van der Waals surface area contributed by atoms with Gasteiger partial charge in [-0.05, 0) is 31.2 Å². The molecule has 1 heterocycles. The quantitative estimate of drug-likeness (QED) is 0.678. The summed E-state index contributed by atoms with van der Waals surface area (Å²) in [6.45, 7) is 5.17. The fourth-order valence-corrected chi connectivity index (χ4v) is 5.01. The van der Waals surface area contributed by atoms with Crippen molar-refractivity contribution >= 4 is 28.3 Å². The van der Waals surface area contributed by atoms with E-state index >= 15 is 0 Å². The molecule has 0 aromatic heterocycles. The first-order valence-electron chi connectivity index (χ1n) is 9.39. The van der Waals surface area contributed by atoms with Crippen molar-refractivity contribution in [2.45, 2.75) is 51.3 Å². The fourth-order valence-electron chi connectivity index (χ4n) is 3.45. The second-order valence-electron chi connectivity index (χ2n) is 7.08. The molecule has 1 aliphatic rings. The van der Waals surface area contributed by atoms with Crippen LogP contribution in [0.2, 0.25) is 0 Å². The van der Waals surface area contributed by atoms with Crippen molar-refractivity contribution in [2.75, 3.05) is 19.6 Å². The minimum absolute atomic E-state index is 0. The molecule has 0 spiro atoms. The maximum Gasteiger partial charge on any atom is 0.227 e. The first-order chi connectivity index (χ1) is 12.4. The van der Waals surface area contributed by atoms with Crippen molar-refractivity contribution in [1.29, 1.82) is 0 Å². The molecule has 1 aromatic carbocycles. The summed E-state index contributed by atoms with van der Waals surface area (Å²) in [4.78, 5) is 12.6. The highest BCUT2D eigenvalue weighted by Crippen LogP contribution is 2.26. The predicted octanol–water partition coefficient (Wildman–Crippen LogP) is 2.28. The molecule has 0 bridgehead atoms. The summed E-state index contributed by atoms with van der Waals surface area (Å²) < 4.78 is 26.7. The lowest BCUT2D eigenvalue weighted by atomic mass is 9.81. The summed E-state index contributed by atoms with van der Waals surface area (Å²) in [5.41, 5.74) is 6.11. The summed E-state index contributed by atoms with van der Waals surface area (Å²) in [5.74, 6) is 0.0166. The van der Waals surface area contributed by atoms with E-state index in [4.69, 9.17) is 5.73 Å². The molecule has 1 amide bonds. The van der Waals surface area contributed by atoms with Gasteiger partial charge >= 0.3 is 0 Å². The lowest BCUT2D eigenvalue weighted by Crippen LogP contribution is -2.52. The molecule has 0 atom stereocenters. The Balaban J connectivity index is 0.00000364. The van der Waals surface area contributed by atoms with Gasteiger partial charge < -0.3 is 11.1 Å². The third-order valence-electron chi connectivity index (χ3n) is 5.60. The number of rotatable bonds is 8. The molecule has 1 fully saturated rings. The number of benzene rings is 1. The summed E-state index contributed by atoms with van der Waals surface area (Å²) in [6, 6.07) is 9.22. The van der Waals surface area contributed by atoms with Crippen molar-refractivity contribution < 1.29 is 13.2 Å². The SMILES string of the molecule is CCC(CC)(CN)C(=O)NC1CCN(S(=O)(=O)Cc2ccccc2)CC1.Cl. The van der Waals surface area contributed by atoms with Gasteiger partial charge in [-0.15, -0.1) is 12.4 Å². The second kappa shape index (κ2) is 10.4. The first-order valence-corrected chi connectivity index (χ1v) is 11.0. The third-order valence-corrected chi connectivity index (χ3v) is 7.45. The predicted molar refractivity (Wildman–Crippen MR) is 111 cm³/mol. The van der Waals surface area contributed by atoms with E-state index < -0.39 is 15.4 Å².